The normalized spacial score (nSPS) is 31.0. The fraction of sp³-hybridized carbons (Fsp3) is 0.600. The zero-order chi connectivity index (χ0) is 34.7. The number of hydrogen-bond donors (Lipinski definition) is 1. The van der Waals surface area contributed by atoms with Gasteiger partial charge in [0.05, 0.1) is 38.4 Å². The fourth-order valence-corrected chi connectivity index (χ4v) is 14.1. The van der Waals surface area contributed by atoms with Gasteiger partial charge in [-0.05, 0) is 58.5 Å². The number of aliphatic hydroxyl groups excluding tert-OH is 1. The van der Waals surface area contributed by atoms with Crippen molar-refractivity contribution in [2.45, 2.75) is 63.6 Å². The van der Waals surface area contributed by atoms with Gasteiger partial charge in [-0.1, -0.05) is 99.7 Å². The Morgan fingerprint density at radius 3 is 2.22 bits per heavy atom. The van der Waals surface area contributed by atoms with Gasteiger partial charge in [0.1, 0.15) is 6.79 Å². The third kappa shape index (κ3) is 6.45. The minimum Gasteiger partial charge on any atom is -0.407 e. The lowest BCUT2D eigenvalue weighted by molar-refractivity contribution is -0.322. The lowest BCUT2D eigenvalue weighted by Gasteiger charge is -2.53. The van der Waals surface area contributed by atoms with Gasteiger partial charge in [-0.3, -0.25) is 0 Å². The Labute approximate surface area is 293 Å². The molecule has 0 aromatic heterocycles. The molecule has 268 valence electrons. The van der Waals surface area contributed by atoms with Crippen molar-refractivity contribution in [2.24, 2.45) is 29.1 Å². The van der Waals surface area contributed by atoms with Crippen LogP contribution in [0.4, 0.5) is 0 Å². The Kier molecular flexibility index (Phi) is 11.4. The number of rotatable bonds is 16. The molecule has 2 saturated heterocycles. The number of ether oxygens (including phenoxy) is 6. The van der Waals surface area contributed by atoms with Gasteiger partial charge in [0, 0.05) is 32.7 Å². The number of methoxy groups -OCH3 is 2. The summed E-state index contributed by atoms with van der Waals surface area (Å²) in [6.07, 6.45) is 4.91. The summed E-state index contributed by atoms with van der Waals surface area (Å²) in [5, 5.41) is 13.3. The highest BCUT2D eigenvalue weighted by atomic mass is 28.4. The van der Waals surface area contributed by atoms with E-state index in [-0.39, 0.29) is 42.1 Å². The minimum atomic E-state index is -2.79. The van der Waals surface area contributed by atoms with E-state index in [1.54, 1.807) is 14.2 Å². The summed E-state index contributed by atoms with van der Waals surface area (Å²) in [5.41, 5.74) is 1.61. The van der Waals surface area contributed by atoms with Gasteiger partial charge in [0.25, 0.3) is 8.32 Å². The summed E-state index contributed by atoms with van der Waals surface area (Å²) in [5.74, 6) is -0.696. The number of benzene rings is 2. The van der Waals surface area contributed by atoms with Crippen LogP contribution in [-0.4, -0.2) is 86.2 Å². The molecule has 0 radical (unpaired) electrons. The zero-order valence-corrected chi connectivity index (χ0v) is 31.0. The van der Waals surface area contributed by atoms with Crippen LogP contribution >= 0.6 is 0 Å². The quantitative estimate of drug-likeness (QED) is 0.108. The molecule has 5 bridgehead atoms. The molecule has 2 aromatic rings. The van der Waals surface area contributed by atoms with Crippen LogP contribution < -0.4 is 10.4 Å². The molecular weight excluding hydrogens is 637 g/mol. The standard InChI is InChI=1S/C40H56O8Si/c1-29-26-39(19-22-47-49(38(2,3)4,31-13-9-7-10-14-31)32-15-11-8-12-16-32)35-25-30(17-20-44-28-45-24-23-42-5)33-18-21-46-40(35,48-37(39)43-6)36(33)34(29)27-41/h7-16,25,30,33-34,36-37,41H,1,17-24,26-28H2,2-6H3/t30-,33+,34-,36+,37+,39+,40+/m0/s1. The highest BCUT2D eigenvalue weighted by molar-refractivity contribution is 6.99. The molecule has 1 saturated carbocycles. The Morgan fingerprint density at radius 1 is 0.939 bits per heavy atom. The highest BCUT2D eigenvalue weighted by Gasteiger charge is 2.71. The van der Waals surface area contributed by atoms with E-state index < -0.39 is 25.8 Å². The van der Waals surface area contributed by atoms with E-state index in [4.69, 9.17) is 32.8 Å². The van der Waals surface area contributed by atoms with Gasteiger partial charge < -0.3 is 38.0 Å². The molecule has 2 aliphatic heterocycles. The molecule has 6 rings (SSSR count). The summed E-state index contributed by atoms with van der Waals surface area (Å²) in [7, 11) is 0.607. The number of aliphatic hydroxyl groups is 1. The van der Waals surface area contributed by atoms with Crippen molar-refractivity contribution in [3.8, 4) is 0 Å². The highest BCUT2D eigenvalue weighted by Crippen LogP contribution is 2.68. The Hall–Kier alpha value is -2.18. The van der Waals surface area contributed by atoms with Gasteiger partial charge in [0.2, 0.25) is 0 Å². The van der Waals surface area contributed by atoms with Crippen molar-refractivity contribution in [1.29, 1.82) is 0 Å². The van der Waals surface area contributed by atoms with Crippen molar-refractivity contribution in [1.82, 2.24) is 0 Å². The Morgan fingerprint density at radius 2 is 1.61 bits per heavy atom. The number of hydrogen-bond acceptors (Lipinski definition) is 8. The van der Waals surface area contributed by atoms with Crippen LogP contribution in [0.5, 0.6) is 0 Å². The molecule has 1 N–H and O–H groups in total. The van der Waals surface area contributed by atoms with E-state index in [1.807, 2.05) is 0 Å². The van der Waals surface area contributed by atoms with Crippen LogP contribution in [0.15, 0.2) is 84.5 Å². The summed E-state index contributed by atoms with van der Waals surface area (Å²) in [6, 6.07) is 21.5. The summed E-state index contributed by atoms with van der Waals surface area (Å²) < 4.78 is 44.0. The van der Waals surface area contributed by atoms with Crippen molar-refractivity contribution in [2.75, 3.05) is 60.7 Å². The van der Waals surface area contributed by atoms with Gasteiger partial charge in [-0.2, -0.15) is 0 Å². The van der Waals surface area contributed by atoms with Crippen molar-refractivity contribution in [3.63, 3.8) is 0 Å². The first-order valence-corrected chi connectivity index (χ1v) is 19.8. The molecular formula is C40H56O8Si. The largest absolute Gasteiger partial charge is 0.407 e. The maximum absolute atomic E-state index is 10.9. The van der Waals surface area contributed by atoms with Crippen LogP contribution in [0, 0.1) is 29.1 Å². The van der Waals surface area contributed by atoms with Gasteiger partial charge >= 0.3 is 0 Å². The van der Waals surface area contributed by atoms with Crippen molar-refractivity contribution < 1.29 is 38.0 Å². The molecule has 3 fully saturated rings. The van der Waals surface area contributed by atoms with Crippen LogP contribution in [0.2, 0.25) is 5.04 Å². The van der Waals surface area contributed by atoms with Crippen LogP contribution in [0.3, 0.4) is 0 Å². The van der Waals surface area contributed by atoms with Crippen molar-refractivity contribution >= 4 is 18.7 Å². The maximum Gasteiger partial charge on any atom is 0.261 e. The van der Waals surface area contributed by atoms with Gasteiger partial charge in [0.15, 0.2) is 12.1 Å². The van der Waals surface area contributed by atoms with Crippen LogP contribution in [0.25, 0.3) is 0 Å². The second-order valence-electron chi connectivity index (χ2n) is 15.2. The molecule has 0 unspecified atom stereocenters. The molecule has 9 heteroatoms. The van der Waals surface area contributed by atoms with E-state index >= 15 is 0 Å². The lowest BCUT2D eigenvalue weighted by atomic mass is 9.60. The average molecular weight is 693 g/mol. The third-order valence-electron chi connectivity index (χ3n) is 11.6. The first-order chi connectivity index (χ1) is 23.7. The maximum atomic E-state index is 10.9. The first kappa shape index (κ1) is 36.6. The number of allylic oxidation sites excluding steroid dienone is 1. The SMILES string of the molecule is C=C1C[C@]2(CCO[Si](c3ccccc3)(c3ccccc3)C(C)(C)C)C3=C[C@H](CCOCOCCOC)[C@H]4CCO[C@]3(O[C@H]2OC)[C@H]4[C@H]1CO. The molecule has 49 heavy (non-hydrogen) atoms. The molecule has 8 nitrogen and oxygen atoms in total. The average Bonchev–Trinajstić information content (AvgIpc) is 3.31. The zero-order valence-electron chi connectivity index (χ0n) is 30.0. The lowest BCUT2D eigenvalue weighted by Crippen LogP contribution is -2.66. The van der Waals surface area contributed by atoms with E-state index in [0.29, 0.717) is 45.9 Å². The second-order valence-corrected chi connectivity index (χ2v) is 19.5. The van der Waals surface area contributed by atoms with Crippen LogP contribution in [0.1, 0.15) is 46.5 Å². The fourth-order valence-electron chi connectivity index (χ4n) is 9.56. The van der Waals surface area contributed by atoms with E-state index in [1.165, 1.54) is 10.4 Å². The molecule has 2 aromatic carbocycles. The van der Waals surface area contributed by atoms with Crippen molar-refractivity contribution in [3.05, 3.63) is 84.5 Å². The third-order valence-corrected chi connectivity index (χ3v) is 16.7. The molecule has 7 atom stereocenters. The second kappa shape index (κ2) is 15.2. The van der Waals surface area contributed by atoms with Crippen LogP contribution in [-0.2, 0) is 32.8 Å². The van der Waals surface area contributed by atoms with E-state index in [2.05, 4.69) is 94.1 Å². The monoisotopic (exact) mass is 692 g/mol. The smallest absolute Gasteiger partial charge is 0.261 e. The summed E-state index contributed by atoms with van der Waals surface area (Å²) in [6.45, 7) is 14.5. The molecule has 2 heterocycles. The molecule has 1 spiro atoms. The predicted molar refractivity (Wildman–Crippen MR) is 192 cm³/mol. The molecule has 0 amide bonds. The summed E-state index contributed by atoms with van der Waals surface area (Å²) >= 11 is 0. The predicted octanol–water partition coefficient (Wildman–Crippen LogP) is 5.44. The summed E-state index contributed by atoms with van der Waals surface area (Å²) in [4.78, 5) is 0. The minimum absolute atomic E-state index is 0.00457. The first-order valence-electron chi connectivity index (χ1n) is 17.9. The Bertz CT molecular complexity index is 1390. The van der Waals surface area contributed by atoms with E-state index in [0.717, 1.165) is 24.0 Å². The molecule has 2 aliphatic carbocycles. The van der Waals surface area contributed by atoms with Gasteiger partial charge in [-0.15, -0.1) is 0 Å². The van der Waals surface area contributed by atoms with Gasteiger partial charge in [-0.25, -0.2) is 0 Å². The van der Waals surface area contributed by atoms with E-state index in [9.17, 15) is 5.11 Å². The molecule has 4 aliphatic rings. The Balaban J connectivity index is 1.36. The topological polar surface area (TPSA) is 84.8 Å².